The van der Waals surface area contributed by atoms with Crippen LogP contribution in [-0.2, 0) is 4.74 Å². The van der Waals surface area contributed by atoms with Crippen molar-refractivity contribution in [2.45, 2.75) is 6.92 Å². The van der Waals surface area contributed by atoms with E-state index in [9.17, 15) is 4.79 Å². The highest BCUT2D eigenvalue weighted by molar-refractivity contribution is 5.89. The SMILES string of the molecule is CCOCCOc1cccc(NC(=O)N2CCN(c3cccnc3)CC2)c1. The first-order valence-electron chi connectivity index (χ1n) is 9.28. The zero-order valence-corrected chi connectivity index (χ0v) is 15.6. The number of aromatic nitrogens is 1. The highest BCUT2D eigenvalue weighted by atomic mass is 16.5. The fourth-order valence-corrected chi connectivity index (χ4v) is 2.94. The van der Waals surface area contributed by atoms with Gasteiger partial charge in [0.1, 0.15) is 12.4 Å². The summed E-state index contributed by atoms with van der Waals surface area (Å²) in [6, 6.07) is 11.3. The number of nitrogens with zero attached hydrogens (tertiary/aromatic N) is 3. The zero-order valence-electron chi connectivity index (χ0n) is 15.6. The molecule has 1 saturated heterocycles. The lowest BCUT2D eigenvalue weighted by Crippen LogP contribution is -2.50. The van der Waals surface area contributed by atoms with Gasteiger partial charge in [-0.2, -0.15) is 0 Å². The number of urea groups is 1. The number of rotatable bonds is 7. The Hall–Kier alpha value is -2.80. The van der Waals surface area contributed by atoms with Gasteiger partial charge in [0.15, 0.2) is 0 Å². The molecule has 2 aromatic rings. The molecule has 0 bridgehead atoms. The first-order valence-corrected chi connectivity index (χ1v) is 9.28. The van der Waals surface area contributed by atoms with E-state index in [0.29, 0.717) is 38.7 Å². The number of anilines is 2. The van der Waals surface area contributed by atoms with Gasteiger partial charge in [-0.3, -0.25) is 4.98 Å². The molecule has 0 radical (unpaired) electrons. The van der Waals surface area contributed by atoms with E-state index in [1.807, 2.05) is 54.4 Å². The van der Waals surface area contributed by atoms with Gasteiger partial charge in [0.05, 0.1) is 18.5 Å². The minimum atomic E-state index is -0.0905. The average Bonchev–Trinajstić information content (AvgIpc) is 2.72. The Kier molecular flexibility index (Phi) is 6.87. The molecular formula is C20H26N4O3. The van der Waals surface area contributed by atoms with Crippen molar-refractivity contribution >= 4 is 17.4 Å². The van der Waals surface area contributed by atoms with E-state index in [1.165, 1.54) is 0 Å². The third-order valence-corrected chi connectivity index (χ3v) is 4.36. The lowest BCUT2D eigenvalue weighted by Gasteiger charge is -2.35. The molecule has 144 valence electrons. The molecular weight excluding hydrogens is 344 g/mol. The van der Waals surface area contributed by atoms with Crippen molar-refractivity contribution in [2.75, 3.05) is 56.2 Å². The summed E-state index contributed by atoms with van der Waals surface area (Å²) < 4.78 is 10.9. The number of benzene rings is 1. The molecule has 0 saturated carbocycles. The number of hydrogen-bond acceptors (Lipinski definition) is 5. The predicted octanol–water partition coefficient (Wildman–Crippen LogP) is 2.85. The maximum atomic E-state index is 12.5. The Morgan fingerprint density at radius 3 is 2.74 bits per heavy atom. The van der Waals surface area contributed by atoms with Crippen LogP contribution in [0.15, 0.2) is 48.8 Å². The molecule has 0 aliphatic carbocycles. The fourth-order valence-electron chi connectivity index (χ4n) is 2.94. The Balaban J connectivity index is 1.48. The van der Waals surface area contributed by atoms with Crippen molar-refractivity contribution < 1.29 is 14.3 Å². The number of carbonyl (C=O) groups excluding carboxylic acids is 1. The second kappa shape index (κ2) is 9.78. The molecule has 2 amide bonds. The number of pyridine rings is 1. The van der Waals surface area contributed by atoms with Crippen LogP contribution in [0.5, 0.6) is 5.75 Å². The van der Waals surface area contributed by atoms with Gasteiger partial charge in [0, 0.05) is 50.7 Å². The van der Waals surface area contributed by atoms with E-state index >= 15 is 0 Å². The van der Waals surface area contributed by atoms with Crippen LogP contribution in [0.25, 0.3) is 0 Å². The molecule has 2 heterocycles. The summed E-state index contributed by atoms with van der Waals surface area (Å²) in [6.07, 6.45) is 3.62. The molecule has 7 heteroatoms. The average molecular weight is 370 g/mol. The van der Waals surface area contributed by atoms with E-state index in [-0.39, 0.29) is 6.03 Å². The van der Waals surface area contributed by atoms with Crippen LogP contribution in [-0.4, -0.2) is 61.9 Å². The standard InChI is InChI=1S/C20H26N4O3/c1-2-26-13-14-27-19-7-3-5-17(15-19)22-20(25)24-11-9-23(10-12-24)18-6-4-8-21-16-18/h3-8,15-16H,2,9-14H2,1H3,(H,22,25). The van der Waals surface area contributed by atoms with Gasteiger partial charge in [-0.15, -0.1) is 0 Å². The third-order valence-electron chi connectivity index (χ3n) is 4.36. The molecule has 0 unspecified atom stereocenters. The van der Waals surface area contributed by atoms with Crippen LogP contribution < -0.4 is 15.0 Å². The summed E-state index contributed by atoms with van der Waals surface area (Å²) in [7, 11) is 0. The molecule has 0 spiro atoms. The van der Waals surface area contributed by atoms with E-state index in [0.717, 1.165) is 24.5 Å². The van der Waals surface area contributed by atoms with Crippen molar-refractivity contribution in [3.05, 3.63) is 48.8 Å². The molecule has 1 N–H and O–H groups in total. The molecule has 3 rings (SSSR count). The number of amides is 2. The highest BCUT2D eigenvalue weighted by Gasteiger charge is 2.21. The molecule has 7 nitrogen and oxygen atoms in total. The van der Waals surface area contributed by atoms with Crippen molar-refractivity contribution in [2.24, 2.45) is 0 Å². The summed E-state index contributed by atoms with van der Waals surface area (Å²) in [6.45, 7) is 6.59. The van der Waals surface area contributed by atoms with Crippen LogP contribution in [0.4, 0.5) is 16.2 Å². The van der Waals surface area contributed by atoms with Crippen molar-refractivity contribution in [3.63, 3.8) is 0 Å². The number of piperazine rings is 1. The predicted molar refractivity (Wildman–Crippen MR) is 105 cm³/mol. The second-order valence-electron chi connectivity index (χ2n) is 6.19. The van der Waals surface area contributed by atoms with Gasteiger partial charge in [-0.25, -0.2) is 4.79 Å². The lowest BCUT2D eigenvalue weighted by atomic mass is 10.2. The topological polar surface area (TPSA) is 66.9 Å². The molecule has 1 aromatic heterocycles. The van der Waals surface area contributed by atoms with E-state index < -0.39 is 0 Å². The van der Waals surface area contributed by atoms with Gasteiger partial charge in [0.2, 0.25) is 0 Å². The summed E-state index contributed by atoms with van der Waals surface area (Å²) >= 11 is 0. The van der Waals surface area contributed by atoms with Gasteiger partial charge >= 0.3 is 6.03 Å². The molecule has 0 atom stereocenters. The second-order valence-corrected chi connectivity index (χ2v) is 6.19. The van der Waals surface area contributed by atoms with E-state index in [4.69, 9.17) is 9.47 Å². The quantitative estimate of drug-likeness (QED) is 0.759. The fraction of sp³-hybridized carbons (Fsp3) is 0.400. The Labute approximate surface area is 159 Å². The first kappa shape index (κ1) is 19.0. The summed E-state index contributed by atoms with van der Waals surface area (Å²) in [5.74, 6) is 0.717. The Morgan fingerprint density at radius 1 is 1.15 bits per heavy atom. The smallest absolute Gasteiger partial charge is 0.321 e. The molecule has 1 aliphatic rings. The largest absolute Gasteiger partial charge is 0.491 e. The van der Waals surface area contributed by atoms with Gasteiger partial charge in [0.25, 0.3) is 0 Å². The maximum Gasteiger partial charge on any atom is 0.321 e. The molecule has 1 aromatic carbocycles. The Morgan fingerprint density at radius 2 is 2.00 bits per heavy atom. The minimum Gasteiger partial charge on any atom is -0.491 e. The summed E-state index contributed by atoms with van der Waals surface area (Å²) in [5.41, 5.74) is 1.82. The van der Waals surface area contributed by atoms with Crippen molar-refractivity contribution in [3.8, 4) is 5.75 Å². The van der Waals surface area contributed by atoms with Crippen molar-refractivity contribution in [1.29, 1.82) is 0 Å². The number of hydrogen-bond donors (Lipinski definition) is 1. The zero-order chi connectivity index (χ0) is 18.9. The molecule has 1 fully saturated rings. The third kappa shape index (κ3) is 5.59. The van der Waals surface area contributed by atoms with Gasteiger partial charge in [-0.1, -0.05) is 6.07 Å². The lowest BCUT2D eigenvalue weighted by molar-refractivity contribution is 0.110. The van der Waals surface area contributed by atoms with Crippen LogP contribution in [0.1, 0.15) is 6.92 Å². The Bertz CT molecular complexity index is 718. The monoisotopic (exact) mass is 370 g/mol. The maximum absolute atomic E-state index is 12.5. The van der Waals surface area contributed by atoms with E-state index in [2.05, 4.69) is 15.2 Å². The van der Waals surface area contributed by atoms with E-state index in [1.54, 1.807) is 6.20 Å². The summed E-state index contributed by atoms with van der Waals surface area (Å²) in [5, 5.41) is 2.95. The van der Waals surface area contributed by atoms with Crippen LogP contribution in [0, 0.1) is 0 Å². The molecule has 27 heavy (non-hydrogen) atoms. The summed E-state index contributed by atoms with van der Waals surface area (Å²) in [4.78, 5) is 20.8. The van der Waals surface area contributed by atoms with Gasteiger partial charge < -0.3 is 24.6 Å². The number of ether oxygens (including phenoxy) is 2. The van der Waals surface area contributed by atoms with Crippen LogP contribution >= 0.6 is 0 Å². The minimum absolute atomic E-state index is 0.0905. The van der Waals surface area contributed by atoms with Crippen molar-refractivity contribution in [1.82, 2.24) is 9.88 Å². The molecule has 1 aliphatic heterocycles. The number of carbonyl (C=O) groups is 1. The highest BCUT2D eigenvalue weighted by Crippen LogP contribution is 2.19. The van der Waals surface area contributed by atoms with Gasteiger partial charge in [-0.05, 0) is 31.2 Å². The first-order chi connectivity index (χ1) is 13.3. The number of nitrogens with one attached hydrogen (secondary N) is 1. The van der Waals surface area contributed by atoms with Crippen LogP contribution in [0.3, 0.4) is 0 Å². The van der Waals surface area contributed by atoms with Crippen LogP contribution in [0.2, 0.25) is 0 Å². The normalized spacial score (nSPS) is 14.1.